The van der Waals surface area contributed by atoms with Crippen molar-refractivity contribution in [1.82, 2.24) is 10.1 Å². The summed E-state index contributed by atoms with van der Waals surface area (Å²) in [6, 6.07) is 11.4. The molecule has 9 nitrogen and oxygen atoms in total. The monoisotopic (exact) mass is 368 g/mol. The first kappa shape index (κ1) is 18.1. The van der Waals surface area contributed by atoms with Gasteiger partial charge in [-0.25, -0.2) is 4.79 Å². The summed E-state index contributed by atoms with van der Waals surface area (Å²) in [5.74, 6) is -1.18. The summed E-state index contributed by atoms with van der Waals surface area (Å²) in [7, 11) is 0. The van der Waals surface area contributed by atoms with E-state index in [9.17, 15) is 14.7 Å². The van der Waals surface area contributed by atoms with Crippen LogP contribution in [0.3, 0.4) is 0 Å². The fraction of sp³-hybridized carbons (Fsp3) is 0.111. The van der Waals surface area contributed by atoms with Gasteiger partial charge in [0.25, 0.3) is 0 Å². The first-order valence-corrected chi connectivity index (χ1v) is 7.95. The van der Waals surface area contributed by atoms with Crippen molar-refractivity contribution in [3.63, 3.8) is 0 Å². The van der Waals surface area contributed by atoms with Crippen molar-refractivity contribution in [3.05, 3.63) is 60.0 Å². The predicted octanol–water partition coefficient (Wildman–Crippen LogP) is 2.17. The van der Waals surface area contributed by atoms with E-state index in [0.29, 0.717) is 5.56 Å². The number of nitrogens with zero attached hydrogens (tertiary/aromatic N) is 2. The van der Waals surface area contributed by atoms with Crippen LogP contribution in [0.15, 0.2) is 53.1 Å². The number of aromatic carboxylic acids is 1. The van der Waals surface area contributed by atoms with Crippen LogP contribution in [0.25, 0.3) is 11.4 Å². The van der Waals surface area contributed by atoms with Crippen molar-refractivity contribution in [3.8, 4) is 17.1 Å². The quantitative estimate of drug-likeness (QED) is 0.516. The number of carboxylic acids is 1. The molecule has 3 rings (SSSR count). The number of hydrogen-bond acceptors (Lipinski definition) is 7. The van der Waals surface area contributed by atoms with Crippen LogP contribution >= 0.6 is 0 Å². The first-order chi connectivity index (χ1) is 12.9. The van der Waals surface area contributed by atoms with E-state index in [1.54, 1.807) is 24.3 Å². The lowest BCUT2D eigenvalue weighted by Gasteiger charge is -2.10. The van der Waals surface area contributed by atoms with E-state index in [-0.39, 0.29) is 35.1 Å². The molecule has 0 aliphatic heterocycles. The summed E-state index contributed by atoms with van der Waals surface area (Å²) in [6.07, 6.45) is -0.175. The number of para-hydroxylation sites is 1. The highest BCUT2D eigenvalue weighted by molar-refractivity contribution is 6.00. The molecule has 0 radical (unpaired) electrons. The van der Waals surface area contributed by atoms with Crippen molar-refractivity contribution >= 4 is 17.6 Å². The zero-order valence-corrected chi connectivity index (χ0v) is 14.0. The topological polar surface area (TPSA) is 152 Å². The summed E-state index contributed by atoms with van der Waals surface area (Å²) in [5, 5.41) is 24.8. The van der Waals surface area contributed by atoms with Crippen LogP contribution in [0.4, 0.5) is 5.69 Å². The molecular weight excluding hydrogens is 352 g/mol. The number of hydrogen-bond donors (Lipinski definition) is 4. The Morgan fingerprint density at radius 3 is 2.56 bits per heavy atom. The summed E-state index contributed by atoms with van der Waals surface area (Å²) in [6.45, 7) is 0. The van der Waals surface area contributed by atoms with Gasteiger partial charge in [0.1, 0.15) is 5.75 Å². The number of benzene rings is 2. The van der Waals surface area contributed by atoms with Gasteiger partial charge in [-0.2, -0.15) is 4.98 Å². The van der Waals surface area contributed by atoms with Crippen molar-refractivity contribution in [2.45, 2.75) is 12.5 Å². The number of phenols is 1. The van der Waals surface area contributed by atoms with E-state index in [1.807, 2.05) is 0 Å². The molecule has 5 N–H and O–H groups in total. The Labute approximate surface area is 153 Å². The van der Waals surface area contributed by atoms with Crippen molar-refractivity contribution < 1.29 is 24.3 Å². The number of amides is 1. The predicted molar refractivity (Wildman–Crippen MR) is 95.0 cm³/mol. The number of rotatable bonds is 6. The van der Waals surface area contributed by atoms with E-state index >= 15 is 0 Å². The standard InChI is InChI=1S/C18H16N4O5/c19-13(9-15(24)20-14-4-2-1-3-12(14)18(25)26)17-21-16(22-27-17)10-5-7-11(23)8-6-10/h1-8,13,23H,9,19H2,(H,20,24)(H,25,26)/t13-/m0/s1. The number of aromatic nitrogens is 2. The van der Waals surface area contributed by atoms with Gasteiger partial charge in [-0.1, -0.05) is 17.3 Å². The van der Waals surface area contributed by atoms with Gasteiger partial charge in [0, 0.05) is 5.56 Å². The van der Waals surface area contributed by atoms with E-state index in [0.717, 1.165) is 0 Å². The number of anilines is 1. The summed E-state index contributed by atoms with van der Waals surface area (Å²) in [5.41, 5.74) is 6.73. The largest absolute Gasteiger partial charge is 0.508 e. The van der Waals surface area contributed by atoms with Crippen LogP contribution in [-0.4, -0.2) is 32.2 Å². The highest BCUT2D eigenvalue weighted by Gasteiger charge is 2.20. The number of carboxylic acid groups (broad SMARTS) is 1. The second kappa shape index (κ2) is 7.67. The summed E-state index contributed by atoms with van der Waals surface area (Å²) >= 11 is 0. The van der Waals surface area contributed by atoms with Gasteiger partial charge >= 0.3 is 5.97 Å². The number of aromatic hydroxyl groups is 1. The third kappa shape index (κ3) is 4.28. The minimum Gasteiger partial charge on any atom is -0.508 e. The molecule has 0 bridgehead atoms. The summed E-state index contributed by atoms with van der Waals surface area (Å²) in [4.78, 5) is 27.5. The van der Waals surface area contributed by atoms with E-state index in [1.165, 1.54) is 24.3 Å². The van der Waals surface area contributed by atoms with Crippen LogP contribution in [0.1, 0.15) is 28.7 Å². The van der Waals surface area contributed by atoms with E-state index in [4.69, 9.17) is 15.4 Å². The molecule has 0 fully saturated rings. The number of carbonyl (C=O) groups is 2. The number of nitrogens with two attached hydrogens (primary N) is 1. The van der Waals surface area contributed by atoms with Gasteiger partial charge in [-0.3, -0.25) is 4.79 Å². The maximum absolute atomic E-state index is 12.2. The van der Waals surface area contributed by atoms with Gasteiger partial charge in [0.2, 0.25) is 17.6 Å². The lowest BCUT2D eigenvalue weighted by molar-refractivity contribution is -0.116. The Kier molecular flexibility index (Phi) is 5.13. The van der Waals surface area contributed by atoms with E-state index < -0.39 is 17.9 Å². The molecule has 3 aromatic rings. The average Bonchev–Trinajstić information content (AvgIpc) is 3.13. The van der Waals surface area contributed by atoms with Gasteiger partial charge in [-0.15, -0.1) is 0 Å². The molecule has 1 aromatic heterocycles. The molecule has 0 saturated carbocycles. The minimum atomic E-state index is -1.15. The van der Waals surface area contributed by atoms with Crippen molar-refractivity contribution in [2.75, 3.05) is 5.32 Å². The molecule has 1 heterocycles. The zero-order chi connectivity index (χ0) is 19.4. The van der Waals surface area contributed by atoms with Crippen LogP contribution in [0.5, 0.6) is 5.75 Å². The van der Waals surface area contributed by atoms with Gasteiger partial charge in [0.05, 0.1) is 23.7 Å². The SMILES string of the molecule is N[C@@H](CC(=O)Nc1ccccc1C(=O)O)c1nc(-c2ccc(O)cc2)no1. The maximum atomic E-state index is 12.2. The Morgan fingerprint density at radius 1 is 1.15 bits per heavy atom. The highest BCUT2D eigenvalue weighted by Crippen LogP contribution is 2.22. The lowest BCUT2D eigenvalue weighted by atomic mass is 10.1. The van der Waals surface area contributed by atoms with Gasteiger partial charge in [0.15, 0.2) is 0 Å². The second-order valence-electron chi connectivity index (χ2n) is 5.71. The molecule has 1 amide bonds. The third-order valence-electron chi connectivity index (χ3n) is 3.72. The fourth-order valence-corrected chi connectivity index (χ4v) is 2.38. The average molecular weight is 368 g/mol. The Hall–Kier alpha value is -3.72. The number of phenolic OH excluding ortho intramolecular Hbond substituents is 1. The smallest absolute Gasteiger partial charge is 0.337 e. The normalized spacial score (nSPS) is 11.7. The van der Waals surface area contributed by atoms with Gasteiger partial charge < -0.3 is 25.8 Å². The van der Waals surface area contributed by atoms with Crippen LogP contribution in [-0.2, 0) is 4.79 Å². The van der Waals surface area contributed by atoms with Crippen molar-refractivity contribution in [2.24, 2.45) is 5.73 Å². The second-order valence-corrected chi connectivity index (χ2v) is 5.71. The highest BCUT2D eigenvalue weighted by atomic mass is 16.5. The molecule has 9 heteroatoms. The minimum absolute atomic E-state index is 0.0215. The van der Waals surface area contributed by atoms with Crippen LogP contribution in [0.2, 0.25) is 0 Å². The maximum Gasteiger partial charge on any atom is 0.337 e. The Morgan fingerprint density at radius 2 is 1.85 bits per heavy atom. The van der Waals surface area contributed by atoms with Crippen LogP contribution < -0.4 is 11.1 Å². The van der Waals surface area contributed by atoms with Gasteiger partial charge in [-0.05, 0) is 36.4 Å². The molecule has 0 aliphatic carbocycles. The molecule has 0 aliphatic rings. The fourth-order valence-electron chi connectivity index (χ4n) is 2.38. The molecular formula is C18H16N4O5. The zero-order valence-electron chi connectivity index (χ0n) is 14.0. The number of carbonyl (C=O) groups excluding carboxylic acids is 1. The third-order valence-corrected chi connectivity index (χ3v) is 3.72. The summed E-state index contributed by atoms with van der Waals surface area (Å²) < 4.78 is 5.10. The molecule has 0 spiro atoms. The molecule has 0 saturated heterocycles. The van der Waals surface area contributed by atoms with Crippen molar-refractivity contribution in [1.29, 1.82) is 0 Å². The lowest BCUT2D eigenvalue weighted by Crippen LogP contribution is -2.21. The molecule has 138 valence electrons. The number of nitrogens with one attached hydrogen (secondary N) is 1. The van der Waals surface area contributed by atoms with Crippen LogP contribution in [0, 0.1) is 0 Å². The Bertz CT molecular complexity index is 968. The van der Waals surface area contributed by atoms with E-state index in [2.05, 4.69) is 15.5 Å². The molecule has 2 aromatic carbocycles. The molecule has 1 atom stereocenters. The Balaban J connectivity index is 1.67. The molecule has 0 unspecified atom stereocenters. The molecule has 27 heavy (non-hydrogen) atoms. The first-order valence-electron chi connectivity index (χ1n) is 7.95.